The Labute approximate surface area is 117 Å². The summed E-state index contributed by atoms with van der Waals surface area (Å²) in [6.07, 6.45) is 10.4. The third-order valence-corrected chi connectivity index (χ3v) is 3.73. The van der Waals surface area contributed by atoms with Crippen LogP contribution in [0.3, 0.4) is 0 Å². The first-order valence-corrected chi connectivity index (χ1v) is 6.54. The number of aliphatic imine (C=N–C) groups is 1. The predicted molar refractivity (Wildman–Crippen MR) is 73.3 cm³/mol. The third kappa shape index (κ3) is 2.79. The zero-order valence-corrected chi connectivity index (χ0v) is 11.4. The van der Waals surface area contributed by atoms with E-state index < -0.39 is 0 Å². The minimum Gasteiger partial charge on any atom is -0.383 e. The Morgan fingerprint density at radius 1 is 1.65 bits per heavy atom. The summed E-state index contributed by atoms with van der Waals surface area (Å²) >= 11 is 0. The lowest BCUT2D eigenvalue weighted by Crippen LogP contribution is -2.53. The van der Waals surface area contributed by atoms with Gasteiger partial charge in [0, 0.05) is 18.9 Å². The summed E-state index contributed by atoms with van der Waals surface area (Å²) in [5, 5.41) is 0. The van der Waals surface area contributed by atoms with Crippen LogP contribution < -0.4 is 5.73 Å². The summed E-state index contributed by atoms with van der Waals surface area (Å²) < 4.78 is 5.83. The first-order valence-electron chi connectivity index (χ1n) is 6.54. The van der Waals surface area contributed by atoms with Crippen molar-refractivity contribution in [1.82, 2.24) is 0 Å². The molecule has 0 bridgehead atoms. The maximum Gasteiger partial charge on any atom is 0.451 e. The molecule has 2 N–H and O–H groups in total. The summed E-state index contributed by atoms with van der Waals surface area (Å²) in [6, 6.07) is -0.338. The van der Waals surface area contributed by atoms with E-state index in [1.165, 1.54) is 0 Å². The minimum atomic E-state index is -0.338. The van der Waals surface area contributed by atoms with Gasteiger partial charge in [-0.25, -0.2) is 4.79 Å². The van der Waals surface area contributed by atoms with E-state index in [9.17, 15) is 9.59 Å². The quantitative estimate of drug-likeness (QED) is 0.470. The van der Waals surface area contributed by atoms with Crippen LogP contribution >= 0.6 is 0 Å². The summed E-state index contributed by atoms with van der Waals surface area (Å²) in [5.74, 6) is 2.08. The molecule has 0 saturated carbocycles. The first kappa shape index (κ1) is 14.4. The number of nitrogens with zero attached hydrogens (tertiary/aromatic N) is 2. The Morgan fingerprint density at radius 3 is 3.05 bits per heavy atom. The van der Waals surface area contributed by atoms with E-state index in [0.717, 1.165) is 12.8 Å². The molecule has 2 amide bonds. The second-order valence-corrected chi connectivity index (χ2v) is 5.18. The highest BCUT2D eigenvalue weighted by molar-refractivity contribution is 5.99. The van der Waals surface area contributed by atoms with Gasteiger partial charge in [0.05, 0.1) is 13.2 Å². The Hall–Kier alpha value is -1.97. The fourth-order valence-corrected chi connectivity index (χ4v) is 2.43. The van der Waals surface area contributed by atoms with Crippen LogP contribution in [0.1, 0.15) is 25.7 Å². The fourth-order valence-electron chi connectivity index (χ4n) is 2.43. The molecule has 2 heterocycles. The van der Waals surface area contributed by atoms with Crippen molar-refractivity contribution in [2.45, 2.75) is 38.0 Å². The number of ketones is 1. The molecule has 106 valence electrons. The van der Waals surface area contributed by atoms with E-state index >= 15 is 0 Å². The SMILES string of the molecule is C#CC(=O)CCC1CCC([N+]2(C)C=CC(N)=NC2=O)O1. The Balaban J connectivity index is 1.96. The van der Waals surface area contributed by atoms with Crippen molar-refractivity contribution in [3.05, 3.63) is 12.3 Å². The van der Waals surface area contributed by atoms with Crippen molar-refractivity contribution in [3.63, 3.8) is 0 Å². The molecule has 2 aliphatic heterocycles. The molecule has 0 radical (unpaired) electrons. The highest BCUT2D eigenvalue weighted by atomic mass is 16.5. The van der Waals surface area contributed by atoms with Gasteiger partial charge in [-0.05, 0) is 18.8 Å². The van der Waals surface area contributed by atoms with Crippen molar-refractivity contribution >= 4 is 17.6 Å². The number of quaternary nitrogens is 1. The molecule has 1 fully saturated rings. The molecule has 20 heavy (non-hydrogen) atoms. The number of rotatable bonds is 4. The van der Waals surface area contributed by atoms with E-state index in [-0.39, 0.29) is 34.5 Å². The van der Waals surface area contributed by atoms with Crippen LogP contribution in [0, 0.1) is 12.3 Å². The number of amides is 2. The minimum absolute atomic E-state index is 0.0414. The van der Waals surface area contributed by atoms with E-state index in [2.05, 4.69) is 10.9 Å². The highest BCUT2D eigenvalue weighted by Gasteiger charge is 2.45. The number of hydrogen-bond acceptors (Lipinski definition) is 4. The van der Waals surface area contributed by atoms with Crippen molar-refractivity contribution in [2.75, 3.05) is 7.05 Å². The van der Waals surface area contributed by atoms with Crippen LogP contribution in [0.25, 0.3) is 0 Å². The fraction of sp³-hybridized carbons (Fsp3) is 0.500. The molecule has 0 aliphatic carbocycles. The molecular formula is C14H18N3O3+. The van der Waals surface area contributed by atoms with E-state index in [1.54, 1.807) is 19.3 Å². The number of nitrogens with two attached hydrogens (primary N) is 1. The molecule has 0 aromatic heterocycles. The number of hydrogen-bond donors (Lipinski definition) is 1. The van der Waals surface area contributed by atoms with Crippen LogP contribution in [0.5, 0.6) is 0 Å². The van der Waals surface area contributed by atoms with Crippen LogP contribution in [0.4, 0.5) is 4.79 Å². The molecule has 3 unspecified atom stereocenters. The molecule has 1 saturated heterocycles. The Kier molecular flexibility index (Phi) is 4.02. The zero-order valence-electron chi connectivity index (χ0n) is 11.4. The van der Waals surface area contributed by atoms with Gasteiger partial charge in [-0.3, -0.25) is 4.79 Å². The van der Waals surface area contributed by atoms with Crippen molar-refractivity contribution in [1.29, 1.82) is 0 Å². The third-order valence-electron chi connectivity index (χ3n) is 3.73. The van der Waals surface area contributed by atoms with E-state index in [0.29, 0.717) is 12.8 Å². The Bertz CT molecular complexity index is 532. The number of carbonyl (C=O) groups is 2. The smallest absolute Gasteiger partial charge is 0.383 e. The van der Waals surface area contributed by atoms with Gasteiger partial charge < -0.3 is 10.5 Å². The number of carbonyl (C=O) groups excluding carboxylic acids is 2. The lowest BCUT2D eigenvalue weighted by Gasteiger charge is -2.32. The number of amidine groups is 1. The summed E-state index contributed by atoms with van der Waals surface area (Å²) in [5.41, 5.74) is 5.50. The van der Waals surface area contributed by atoms with Gasteiger partial charge in [0.2, 0.25) is 12.0 Å². The second-order valence-electron chi connectivity index (χ2n) is 5.18. The Morgan fingerprint density at radius 2 is 2.40 bits per heavy atom. The molecule has 0 spiro atoms. The average Bonchev–Trinajstić information content (AvgIpc) is 2.90. The van der Waals surface area contributed by atoms with Gasteiger partial charge in [0.15, 0.2) is 0 Å². The second kappa shape index (κ2) is 5.57. The lowest BCUT2D eigenvalue weighted by molar-refractivity contribution is -0.830. The zero-order chi connectivity index (χ0) is 14.8. The maximum absolute atomic E-state index is 12.0. The van der Waals surface area contributed by atoms with E-state index in [4.69, 9.17) is 16.9 Å². The summed E-state index contributed by atoms with van der Waals surface area (Å²) in [6.45, 7) is 0. The standard InChI is InChI=1S/C14H17N3O3/c1-3-10(18)4-5-11-6-7-13(20-11)17(2)9-8-12(15)16-14(17)19/h1,8-9,11,13H,4-7H2,2H3,(H-,15,16,19)/p+1. The molecule has 3 atom stereocenters. The van der Waals surface area contributed by atoms with Crippen LogP contribution in [0.15, 0.2) is 17.3 Å². The summed E-state index contributed by atoms with van der Waals surface area (Å²) in [4.78, 5) is 26.9. The molecule has 0 aromatic rings. The molecule has 0 aromatic carbocycles. The number of terminal acetylenes is 1. The lowest BCUT2D eigenvalue weighted by atomic mass is 10.1. The van der Waals surface area contributed by atoms with Crippen LogP contribution in [-0.4, -0.2) is 41.5 Å². The number of ether oxygens (including phenoxy) is 1. The molecule has 6 heteroatoms. The predicted octanol–water partition coefficient (Wildman–Crippen LogP) is 0.925. The monoisotopic (exact) mass is 276 g/mol. The van der Waals surface area contributed by atoms with Crippen LogP contribution in [-0.2, 0) is 9.53 Å². The summed E-state index contributed by atoms with van der Waals surface area (Å²) in [7, 11) is 1.74. The van der Waals surface area contributed by atoms with E-state index in [1.807, 2.05) is 0 Å². The number of urea groups is 1. The molecular weight excluding hydrogens is 258 g/mol. The van der Waals surface area contributed by atoms with Gasteiger partial charge in [0.1, 0.15) is 12.0 Å². The van der Waals surface area contributed by atoms with Crippen LogP contribution in [0.2, 0.25) is 0 Å². The molecule has 6 nitrogen and oxygen atoms in total. The average molecular weight is 276 g/mol. The molecule has 2 aliphatic rings. The topological polar surface area (TPSA) is 81.8 Å². The van der Waals surface area contributed by atoms with Gasteiger partial charge in [-0.2, -0.15) is 4.48 Å². The normalized spacial score (nSPS) is 32.8. The highest BCUT2D eigenvalue weighted by Crippen LogP contribution is 2.31. The van der Waals surface area contributed by atoms with Gasteiger partial charge in [-0.15, -0.1) is 11.4 Å². The van der Waals surface area contributed by atoms with Crippen molar-refractivity contribution in [2.24, 2.45) is 10.7 Å². The number of Topliss-reactive ketones (excluding diaryl/α,β-unsaturated/α-hetero) is 1. The first-order chi connectivity index (χ1) is 9.45. The van der Waals surface area contributed by atoms with Gasteiger partial charge in [-0.1, -0.05) is 0 Å². The largest absolute Gasteiger partial charge is 0.451 e. The van der Waals surface area contributed by atoms with Gasteiger partial charge >= 0.3 is 6.03 Å². The molecule has 2 rings (SSSR count). The van der Waals surface area contributed by atoms with Crippen molar-refractivity contribution < 1.29 is 18.8 Å². The maximum atomic E-state index is 12.0. The van der Waals surface area contributed by atoms with Crippen molar-refractivity contribution in [3.8, 4) is 12.3 Å². The van der Waals surface area contributed by atoms with Gasteiger partial charge in [0.25, 0.3) is 0 Å².